The summed E-state index contributed by atoms with van der Waals surface area (Å²) < 4.78 is 25.3. The van der Waals surface area contributed by atoms with Gasteiger partial charge in [0.25, 0.3) is 0 Å². The largest absolute Gasteiger partial charge is 0.490 e. The molecule has 1 amide bonds. The first-order valence-electron chi connectivity index (χ1n) is 11.4. The molecule has 1 aromatic heterocycles. The summed E-state index contributed by atoms with van der Waals surface area (Å²) in [4.78, 5) is 17.2. The molecule has 164 valence electrons. The Morgan fingerprint density at radius 1 is 1.26 bits per heavy atom. The number of hydrogen-bond acceptors (Lipinski definition) is 4. The fourth-order valence-electron chi connectivity index (χ4n) is 7.20. The van der Waals surface area contributed by atoms with Crippen LogP contribution in [0.3, 0.4) is 0 Å². The highest BCUT2D eigenvalue weighted by molar-refractivity contribution is 5.84. The third kappa shape index (κ3) is 3.05. The van der Waals surface area contributed by atoms with Crippen LogP contribution in [0.25, 0.3) is 10.9 Å². The van der Waals surface area contributed by atoms with Crippen LogP contribution in [0.15, 0.2) is 30.5 Å². The standard InChI is InChI=1S/C25H29FN2O3/c1-14(23(29)28-25-10-24(11-25,12-25)13-30-2)22-17-8-16(9-18(17)22)31-21-5-6-27-20-4-3-15(26)7-19(20)21/h3-7,14,16-18,22H,8-13H2,1-2H3,(H,28,29). The van der Waals surface area contributed by atoms with Gasteiger partial charge in [-0.05, 0) is 74.1 Å². The molecule has 0 radical (unpaired) electrons. The number of pyridine rings is 1. The number of carbonyl (C=O) groups is 1. The predicted molar refractivity (Wildman–Crippen MR) is 114 cm³/mol. The van der Waals surface area contributed by atoms with E-state index in [9.17, 15) is 9.18 Å². The highest BCUT2D eigenvalue weighted by Crippen LogP contribution is 2.67. The number of benzene rings is 1. The minimum Gasteiger partial charge on any atom is -0.490 e. The van der Waals surface area contributed by atoms with Gasteiger partial charge in [-0.1, -0.05) is 6.92 Å². The Morgan fingerprint density at radius 3 is 2.71 bits per heavy atom. The maximum atomic E-state index is 13.7. The van der Waals surface area contributed by atoms with Crippen molar-refractivity contribution in [1.82, 2.24) is 10.3 Å². The number of fused-ring (bicyclic) bond motifs is 2. The van der Waals surface area contributed by atoms with E-state index in [4.69, 9.17) is 9.47 Å². The molecule has 7 rings (SSSR count). The smallest absolute Gasteiger partial charge is 0.223 e. The van der Waals surface area contributed by atoms with Crippen LogP contribution >= 0.6 is 0 Å². The average Bonchev–Trinajstić information content (AvgIpc) is 3.19. The number of halogens is 1. The lowest BCUT2D eigenvalue weighted by molar-refractivity contribution is -0.189. The van der Waals surface area contributed by atoms with Gasteiger partial charge in [0.1, 0.15) is 11.6 Å². The molecule has 5 aliphatic rings. The number of carbonyl (C=O) groups excluding carboxylic acids is 1. The number of rotatable bonds is 7. The minimum atomic E-state index is -0.281. The highest BCUT2D eigenvalue weighted by Gasteiger charge is 2.69. The lowest BCUT2D eigenvalue weighted by Crippen LogP contribution is -2.76. The lowest BCUT2D eigenvalue weighted by atomic mass is 9.39. The van der Waals surface area contributed by atoms with Crippen LogP contribution in [0.5, 0.6) is 5.75 Å². The van der Waals surface area contributed by atoms with Crippen molar-refractivity contribution in [2.45, 2.75) is 50.7 Å². The fourth-order valence-corrected chi connectivity index (χ4v) is 7.20. The molecule has 31 heavy (non-hydrogen) atoms. The van der Waals surface area contributed by atoms with Crippen molar-refractivity contribution in [3.8, 4) is 5.75 Å². The maximum Gasteiger partial charge on any atom is 0.223 e. The molecule has 0 saturated heterocycles. The maximum absolute atomic E-state index is 13.7. The number of ether oxygens (including phenoxy) is 2. The minimum absolute atomic E-state index is 0.0528. The van der Waals surface area contributed by atoms with Gasteiger partial charge in [-0.25, -0.2) is 4.39 Å². The van der Waals surface area contributed by atoms with Crippen molar-refractivity contribution in [3.63, 3.8) is 0 Å². The summed E-state index contributed by atoms with van der Waals surface area (Å²) in [5.74, 6) is 2.28. The van der Waals surface area contributed by atoms with Crippen molar-refractivity contribution >= 4 is 16.8 Å². The van der Waals surface area contributed by atoms with Gasteiger partial charge in [0.05, 0.1) is 18.2 Å². The van der Waals surface area contributed by atoms with Crippen molar-refractivity contribution in [2.75, 3.05) is 13.7 Å². The summed E-state index contributed by atoms with van der Waals surface area (Å²) in [5.41, 5.74) is 1.13. The van der Waals surface area contributed by atoms with Crippen molar-refractivity contribution in [1.29, 1.82) is 0 Å². The SMILES string of the molecule is COCC12CC(NC(=O)C(C)C3C4CC(Oc5ccnc6ccc(F)cc56)CC43)(C1)C2. The van der Waals surface area contributed by atoms with E-state index >= 15 is 0 Å². The molecular weight excluding hydrogens is 395 g/mol. The Balaban J connectivity index is 1.04. The van der Waals surface area contributed by atoms with Gasteiger partial charge < -0.3 is 14.8 Å². The van der Waals surface area contributed by atoms with Gasteiger partial charge in [-0.15, -0.1) is 0 Å². The molecule has 1 heterocycles. The topological polar surface area (TPSA) is 60.5 Å². The van der Waals surface area contributed by atoms with Gasteiger partial charge in [-0.3, -0.25) is 9.78 Å². The van der Waals surface area contributed by atoms with Crippen molar-refractivity contribution in [3.05, 3.63) is 36.3 Å². The fraction of sp³-hybridized carbons (Fsp3) is 0.600. The van der Waals surface area contributed by atoms with E-state index in [-0.39, 0.29) is 29.3 Å². The molecule has 3 unspecified atom stereocenters. The van der Waals surface area contributed by atoms with Crippen LogP contribution < -0.4 is 10.1 Å². The van der Waals surface area contributed by atoms with Crippen LogP contribution in [0, 0.1) is 34.9 Å². The van der Waals surface area contributed by atoms with Gasteiger partial charge in [0.15, 0.2) is 0 Å². The summed E-state index contributed by atoms with van der Waals surface area (Å²) in [6.45, 7) is 2.90. The first-order valence-corrected chi connectivity index (χ1v) is 11.4. The molecule has 0 aliphatic heterocycles. The third-order valence-electron chi connectivity index (χ3n) is 8.40. The summed E-state index contributed by atoms with van der Waals surface area (Å²) in [5, 5.41) is 4.08. The van der Waals surface area contributed by atoms with E-state index in [0.29, 0.717) is 28.9 Å². The van der Waals surface area contributed by atoms with Crippen molar-refractivity contribution in [2.24, 2.45) is 29.1 Å². The van der Waals surface area contributed by atoms with Crippen LogP contribution in [0.2, 0.25) is 0 Å². The first-order chi connectivity index (χ1) is 14.9. The molecule has 2 bridgehead atoms. The van der Waals surface area contributed by atoms with Gasteiger partial charge in [0, 0.05) is 35.6 Å². The number of nitrogens with zero attached hydrogens (tertiary/aromatic N) is 1. The Kier molecular flexibility index (Phi) is 4.17. The normalized spacial score (nSPS) is 38.0. The predicted octanol–water partition coefficient (Wildman–Crippen LogP) is 4.10. The van der Waals surface area contributed by atoms with Crippen LogP contribution in [0.1, 0.15) is 39.0 Å². The first kappa shape index (κ1) is 19.5. The van der Waals surface area contributed by atoms with Crippen LogP contribution in [-0.4, -0.2) is 36.3 Å². The molecular formula is C25H29FN2O3. The third-order valence-corrected chi connectivity index (χ3v) is 8.40. The quantitative estimate of drug-likeness (QED) is 0.727. The van der Waals surface area contributed by atoms with Crippen LogP contribution in [0.4, 0.5) is 4.39 Å². The van der Waals surface area contributed by atoms with E-state index in [1.807, 2.05) is 6.07 Å². The molecule has 6 heteroatoms. The second kappa shape index (κ2) is 6.64. The zero-order valence-corrected chi connectivity index (χ0v) is 18.1. The Morgan fingerprint density at radius 2 is 2.00 bits per heavy atom. The Bertz CT molecular complexity index is 1020. The summed E-state index contributed by atoms with van der Waals surface area (Å²) >= 11 is 0. The van der Waals surface area contributed by atoms with E-state index in [1.54, 1.807) is 19.4 Å². The monoisotopic (exact) mass is 424 g/mol. The Labute approximate surface area is 181 Å². The highest BCUT2D eigenvalue weighted by atomic mass is 19.1. The lowest BCUT2D eigenvalue weighted by Gasteiger charge is -2.70. The molecule has 5 fully saturated rings. The number of aromatic nitrogens is 1. The number of nitrogens with one attached hydrogen (secondary N) is 1. The average molecular weight is 425 g/mol. The van der Waals surface area contributed by atoms with Gasteiger partial charge in [0.2, 0.25) is 5.91 Å². The Hall–Kier alpha value is -2.21. The van der Waals surface area contributed by atoms with Gasteiger partial charge >= 0.3 is 0 Å². The second-order valence-corrected chi connectivity index (χ2v) is 10.6. The van der Waals surface area contributed by atoms with Crippen molar-refractivity contribution < 1.29 is 18.7 Å². The molecule has 5 aliphatic carbocycles. The summed E-state index contributed by atoms with van der Waals surface area (Å²) in [6.07, 6.45) is 6.98. The summed E-state index contributed by atoms with van der Waals surface area (Å²) in [7, 11) is 1.76. The molecule has 1 N–H and O–H groups in total. The molecule has 5 nitrogen and oxygen atoms in total. The van der Waals surface area contributed by atoms with E-state index < -0.39 is 0 Å². The second-order valence-electron chi connectivity index (χ2n) is 10.6. The van der Waals surface area contributed by atoms with Gasteiger partial charge in [-0.2, -0.15) is 0 Å². The van der Waals surface area contributed by atoms with Crippen LogP contribution in [-0.2, 0) is 9.53 Å². The molecule has 3 atom stereocenters. The number of hydrogen-bond donors (Lipinski definition) is 1. The number of amides is 1. The summed E-state index contributed by atoms with van der Waals surface area (Å²) in [6, 6.07) is 6.41. The zero-order valence-electron chi connectivity index (χ0n) is 18.1. The molecule has 5 saturated carbocycles. The van der Waals surface area contributed by atoms with E-state index in [2.05, 4.69) is 17.2 Å². The molecule has 2 aromatic rings. The number of methoxy groups -OCH3 is 1. The van der Waals surface area contributed by atoms with E-state index in [1.165, 1.54) is 12.1 Å². The molecule has 1 aromatic carbocycles. The van der Waals surface area contributed by atoms with E-state index in [0.717, 1.165) is 49.6 Å². The zero-order chi connectivity index (χ0) is 21.4. The molecule has 0 spiro atoms.